The van der Waals surface area contributed by atoms with Crippen molar-refractivity contribution in [2.75, 3.05) is 18.4 Å². The molecule has 1 fully saturated rings. The van der Waals surface area contributed by atoms with Crippen LogP contribution in [0.1, 0.15) is 37.2 Å². The second-order valence-electron chi connectivity index (χ2n) is 5.30. The fourth-order valence-corrected chi connectivity index (χ4v) is 2.45. The van der Waals surface area contributed by atoms with Gasteiger partial charge in [-0.25, -0.2) is 0 Å². The van der Waals surface area contributed by atoms with Crippen molar-refractivity contribution in [1.29, 1.82) is 0 Å². The van der Waals surface area contributed by atoms with Gasteiger partial charge in [-0.2, -0.15) is 5.10 Å². The van der Waals surface area contributed by atoms with Crippen LogP contribution >= 0.6 is 0 Å². The van der Waals surface area contributed by atoms with E-state index in [0.717, 1.165) is 25.9 Å². The fourth-order valence-electron chi connectivity index (χ4n) is 2.45. The van der Waals surface area contributed by atoms with Gasteiger partial charge in [0.1, 0.15) is 5.69 Å². The van der Waals surface area contributed by atoms with Gasteiger partial charge < -0.3 is 15.5 Å². The van der Waals surface area contributed by atoms with Gasteiger partial charge in [-0.15, -0.1) is 0 Å². The van der Waals surface area contributed by atoms with E-state index in [1.807, 2.05) is 0 Å². The van der Waals surface area contributed by atoms with E-state index in [2.05, 4.69) is 39.6 Å². The lowest BCUT2D eigenvalue weighted by atomic mass is 10.0. The molecular formula is C13H21N5O2. The van der Waals surface area contributed by atoms with E-state index in [1.54, 1.807) is 0 Å². The second kappa shape index (κ2) is 6.51. The molecule has 7 nitrogen and oxygen atoms in total. The molecule has 7 heteroatoms. The van der Waals surface area contributed by atoms with Crippen LogP contribution in [-0.2, 0) is 4.79 Å². The molecule has 110 valence electrons. The molecule has 1 saturated heterocycles. The van der Waals surface area contributed by atoms with Gasteiger partial charge in [-0.05, 0) is 26.7 Å². The number of hydrogen-bond donors (Lipinski definition) is 3. The summed E-state index contributed by atoms with van der Waals surface area (Å²) in [5.41, 5.74) is 0.695. The van der Waals surface area contributed by atoms with Crippen molar-refractivity contribution < 1.29 is 9.59 Å². The van der Waals surface area contributed by atoms with Gasteiger partial charge in [0.05, 0.1) is 11.9 Å². The number of carbonyl (C=O) groups is 2. The van der Waals surface area contributed by atoms with Crippen LogP contribution in [0, 0.1) is 0 Å². The van der Waals surface area contributed by atoms with Crippen molar-refractivity contribution >= 4 is 18.0 Å². The Morgan fingerprint density at radius 3 is 2.80 bits per heavy atom. The summed E-state index contributed by atoms with van der Waals surface area (Å²) in [4.78, 5) is 25.0. The number of hydrogen-bond acceptors (Lipinski definition) is 4. The van der Waals surface area contributed by atoms with E-state index in [9.17, 15) is 9.59 Å². The first-order valence-corrected chi connectivity index (χ1v) is 6.90. The standard InChI is InChI=1S/C13H21N5O2/c1-9(2)18-5-3-10(4-6-18)16-13(20)12-11(14-8-19)7-15-17-12/h7-10H,3-6H2,1-2H3,(H,14,19)(H,15,17)(H,16,20). The fraction of sp³-hybridized carbons (Fsp3) is 0.615. The van der Waals surface area contributed by atoms with Gasteiger partial charge >= 0.3 is 0 Å². The molecule has 1 aromatic heterocycles. The molecule has 0 saturated carbocycles. The van der Waals surface area contributed by atoms with Crippen molar-refractivity contribution in [1.82, 2.24) is 20.4 Å². The molecule has 1 aliphatic rings. The highest BCUT2D eigenvalue weighted by Crippen LogP contribution is 2.15. The highest BCUT2D eigenvalue weighted by Gasteiger charge is 2.23. The zero-order chi connectivity index (χ0) is 14.5. The number of anilines is 1. The number of piperidine rings is 1. The average molecular weight is 279 g/mol. The molecule has 2 heterocycles. The molecule has 0 radical (unpaired) electrons. The minimum absolute atomic E-state index is 0.171. The third-order valence-electron chi connectivity index (χ3n) is 3.68. The Balaban J connectivity index is 1.89. The zero-order valence-corrected chi connectivity index (χ0v) is 11.8. The molecule has 0 aromatic carbocycles. The molecule has 20 heavy (non-hydrogen) atoms. The molecule has 3 N–H and O–H groups in total. The smallest absolute Gasteiger partial charge is 0.271 e. The number of aromatic nitrogens is 2. The van der Waals surface area contributed by atoms with Crippen LogP contribution in [0.5, 0.6) is 0 Å². The number of likely N-dealkylation sites (tertiary alicyclic amines) is 1. The van der Waals surface area contributed by atoms with Crippen molar-refractivity contribution in [2.45, 2.75) is 38.8 Å². The van der Waals surface area contributed by atoms with Crippen LogP contribution in [0.4, 0.5) is 5.69 Å². The van der Waals surface area contributed by atoms with Crippen LogP contribution in [-0.4, -0.2) is 52.6 Å². The lowest BCUT2D eigenvalue weighted by Crippen LogP contribution is -2.46. The van der Waals surface area contributed by atoms with E-state index >= 15 is 0 Å². The topological polar surface area (TPSA) is 90.1 Å². The highest BCUT2D eigenvalue weighted by atomic mass is 16.2. The Hall–Kier alpha value is -1.89. The molecule has 1 aromatic rings. The maximum atomic E-state index is 12.1. The Bertz CT molecular complexity index is 463. The van der Waals surface area contributed by atoms with Crippen molar-refractivity contribution in [3.05, 3.63) is 11.9 Å². The molecule has 0 spiro atoms. The van der Waals surface area contributed by atoms with Gasteiger partial charge in [-0.3, -0.25) is 14.7 Å². The Morgan fingerprint density at radius 2 is 2.20 bits per heavy atom. The van der Waals surface area contributed by atoms with Crippen LogP contribution < -0.4 is 10.6 Å². The first-order valence-electron chi connectivity index (χ1n) is 6.90. The molecule has 0 bridgehead atoms. The van der Waals surface area contributed by atoms with Crippen LogP contribution in [0.3, 0.4) is 0 Å². The predicted molar refractivity (Wildman–Crippen MR) is 75.5 cm³/mol. The summed E-state index contributed by atoms with van der Waals surface area (Å²) in [6.45, 7) is 6.35. The lowest BCUT2D eigenvalue weighted by Gasteiger charge is -2.34. The zero-order valence-electron chi connectivity index (χ0n) is 11.8. The van der Waals surface area contributed by atoms with Crippen molar-refractivity contribution in [3.63, 3.8) is 0 Å². The summed E-state index contributed by atoms with van der Waals surface area (Å²) in [5.74, 6) is -0.227. The molecule has 0 unspecified atom stereocenters. The molecule has 0 atom stereocenters. The van der Waals surface area contributed by atoms with Gasteiger partial charge in [0.15, 0.2) is 0 Å². The van der Waals surface area contributed by atoms with E-state index in [0.29, 0.717) is 23.8 Å². The Kier molecular flexibility index (Phi) is 4.73. The maximum absolute atomic E-state index is 12.1. The minimum Gasteiger partial charge on any atom is -0.348 e. The number of amides is 2. The maximum Gasteiger partial charge on any atom is 0.271 e. The minimum atomic E-state index is -0.227. The first kappa shape index (κ1) is 14.5. The first-order chi connectivity index (χ1) is 9.61. The monoisotopic (exact) mass is 279 g/mol. The number of nitrogens with zero attached hydrogens (tertiary/aromatic N) is 2. The summed E-state index contributed by atoms with van der Waals surface area (Å²) in [5, 5.41) is 11.8. The Labute approximate surface area is 118 Å². The van der Waals surface area contributed by atoms with Crippen LogP contribution in [0.15, 0.2) is 6.20 Å². The van der Waals surface area contributed by atoms with Gasteiger partial charge in [0.25, 0.3) is 5.91 Å². The average Bonchev–Trinajstić information content (AvgIpc) is 2.88. The quantitative estimate of drug-likeness (QED) is 0.688. The SMILES string of the molecule is CC(C)N1CCC(NC(=O)c2[nH]ncc2NC=O)CC1. The number of rotatable bonds is 5. The number of aromatic amines is 1. The third-order valence-corrected chi connectivity index (χ3v) is 3.68. The predicted octanol–water partition coefficient (Wildman–Crippen LogP) is 0.581. The second-order valence-corrected chi connectivity index (χ2v) is 5.30. The van der Waals surface area contributed by atoms with Crippen LogP contribution in [0.25, 0.3) is 0 Å². The van der Waals surface area contributed by atoms with E-state index in [1.165, 1.54) is 6.20 Å². The molecule has 2 rings (SSSR count). The largest absolute Gasteiger partial charge is 0.348 e. The normalized spacial score (nSPS) is 17.1. The number of nitrogens with one attached hydrogen (secondary N) is 3. The van der Waals surface area contributed by atoms with Gasteiger partial charge in [-0.1, -0.05) is 0 Å². The van der Waals surface area contributed by atoms with Crippen LogP contribution in [0.2, 0.25) is 0 Å². The third kappa shape index (κ3) is 3.36. The van der Waals surface area contributed by atoms with E-state index < -0.39 is 0 Å². The highest BCUT2D eigenvalue weighted by molar-refractivity contribution is 5.99. The summed E-state index contributed by atoms with van der Waals surface area (Å²) < 4.78 is 0. The summed E-state index contributed by atoms with van der Waals surface area (Å²) in [7, 11) is 0. The summed E-state index contributed by atoms with van der Waals surface area (Å²) >= 11 is 0. The molecule has 1 aliphatic heterocycles. The van der Waals surface area contributed by atoms with Gasteiger partial charge in [0.2, 0.25) is 6.41 Å². The molecular weight excluding hydrogens is 258 g/mol. The summed E-state index contributed by atoms with van der Waals surface area (Å²) in [6, 6.07) is 0.715. The Morgan fingerprint density at radius 1 is 1.50 bits per heavy atom. The number of H-pyrrole nitrogens is 1. The van der Waals surface area contributed by atoms with Crippen molar-refractivity contribution in [2.24, 2.45) is 0 Å². The lowest BCUT2D eigenvalue weighted by molar-refractivity contribution is -0.105. The van der Waals surface area contributed by atoms with E-state index in [4.69, 9.17) is 0 Å². The van der Waals surface area contributed by atoms with Crippen molar-refractivity contribution in [3.8, 4) is 0 Å². The molecule has 2 amide bonds. The van der Waals surface area contributed by atoms with Gasteiger partial charge in [0, 0.05) is 25.2 Å². The van der Waals surface area contributed by atoms with E-state index in [-0.39, 0.29) is 11.9 Å². The molecule has 0 aliphatic carbocycles. The summed E-state index contributed by atoms with van der Waals surface area (Å²) in [6.07, 6.45) is 3.83. The number of carbonyl (C=O) groups excluding carboxylic acids is 2.